The van der Waals surface area contributed by atoms with Gasteiger partial charge in [0.2, 0.25) is 0 Å². The van der Waals surface area contributed by atoms with E-state index in [0.29, 0.717) is 0 Å². The van der Waals surface area contributed by atoms with Gasteiger partial charge in [-0.2, -0.15) is 0 Å². The van der Waals surface area contributed by atoms with Crippen LogP contribution in [0.25, 0.3) is 22.4 Å². The van der Waals surface area contributed by atoms with Crippen LogP contribution in [0.2, 0.25) is 0 Å². The van der Waals surface area contributed by atoms with Crippen molar-refractivity contribution in [2.24, 2.45) is 0 Å². The van der Waals surface area contributed by atoms with Crippen molar-refractivity contribution in [1.82, 2.24) is 9.97 Å². The number of benzene rings is 1. The van der Waals surface area contributed by atoms with Crippen molar-refractivity contribution in [3.05, 3.63) is 72.7 Å². The molecule has 0 aliphatic heterocycles. The molecular weight excluding hydrogens is 232 g/mol. The minimum absolute atomic E-state index is 0.973. The van der Waals surface area contributed by atoms with Gasteiger partial charge in [-0.3, -0.25) is 9.97 Å². The van der Waals surface area contributed by atoms with Crippen LogP contribution in [0.1, 0.15) is 5.69 Å². The molecule has 2 heterocycles. The normalized spacial score (nSPS) is 10.4. The Morgan fingerprint density at radius 3 is 2.32 bits per heavy atom. The van der Waals surface area contributed by atoms with E-state index in [0.717, 1.165) is 22.5 Å². The summed E-state index contributed by atoms with van der Waals surface area (Å²) in [5, 5.41) is 0. The van der Waals surface area contributed by atoms with E-state index in [1.807, 2.05) is 49.6 Å². The molecular formula is C17H14N2. The average Bonchev–Trinajstić information content (AvgIpc) is 2.49. The molecule has 0 bridgehead atoms. The summed E-state index contributed by atoms with van der Waals surface area (Å²) in [5.74, 6) is 0. The number of nitrogens with zero attached hydrogens (tertiary/aromatic N) is 2. The fraction of sp³-hybridized carbons (Fsp3) is 0.0588. The molecule has 0 aliphatic rings. The van der Waals surface area contributed by atoms with E-state index >= 15 is 0 Å². The van der Waals surface area contributed by atoms with E-state index in [2.05, 4.69) is 34.2 Å². The number of hydrogen-bond acceptors (Lipinski definition) is 2. The maximum absolute atomic E-state index is 4.51. The zero-order valence-corrected chi connectivity index (χ0v) is 10.7. The Kier molecular flexibility index (Phi) is 3.07. The summed E-state index contributed by atoms with van der Waals surface area (Å²) in [6.07, 6.45) is 3.70. The highest BCUT2D eigenvalue weighted by Crippen LogP contribution is 2.29. The van der Waals surface area contributed by atoms with Crippen LogP contribution in [-0.4, -0.2) is 9.97 Å². The zero-order valence-electron chi connectivity index (χ0n) is 10.7. The first kappa shape index (κ1) is 11.6. The lowest BCUT2D eigenvalue weighted by Crippen LogP contribution is -1.90. The average molecular weight is 246 g/mol. The maximum atomic E-state index is 4.51. The predicted molar refractivity (Wildman–Crippen MR) is 77.6 cm³/mol. The van der Waals surface area contributed by atoms with Crippen LogP contribution in [0.3, 0.4) is 0 Å². The molecule has 0 aliphatic carbocycles. The van der Waals surface area contributed by atoms with E-state index in [1.54, 1.807) is 0 Å². The maximum Gasteiger partial charge on any atom is 0.0795 e. The van der Waals surface area contributed by atoms with Crippen molar-refractivity contribution in [3.63, 3.8) is 0 Å². The second-order valence-electron chi connectivity index (χ2n) is 4.45. The first-order valence-corrected chi connectivity index (χ1v) is 6.28. The summed E-state index contributed by atoms with van der Waals surface area (Å²) in [4.78, 5) is 8.87. The highest BCUT2D eigenvalue weighted by Gasteiger charge is 2.07. The van der Waals surface area contributed by atoms with Crippen molar-refractivity contribution in [1.29, 1.82) is 0 Å². The van der Waals surface area contributed by atoms with Crippen LogP contribution in [0.5, 0.6) is 0 Å². The minimum atomic E-state index is 0.973. The lowest BCUT2D eigenvalue weighted by Gasteiger charge is -2.08. The van der Waals surface area contributed by atoms with Crippen molar-refractivity contribution in [2.75, 3.05) is 0 Å². The largest absolute Gasteiger partial charge is 0.261 e. The molecule has 1 aromatic carbocycles. The summed E-state index contributed by atoms with van der Waals surface area (Å²) in [5.41, 5.74) is 5.34. The van der Waals surface area contributed by atoms with Crippen LogP contribution < -0.4 is 0 Å². The molecule has 0 unspecified atom stereocenters. The van der Waals surface area contributed by atoms with E-state index in [-0.39, 0.29) is 0 Å². The van der Waals surface area contributed by atoms with E-state index in [4.69, 9.17) is 0 Å². The van der Waals surface area contributed by atoms with Gasteiger partial charge in [-0.05, 0) is 30.7 Å². The number of aromatic nitrogens is 2. The summed E-state index contributed by atoms with van der Waals surface area (Å²) in [7, 11) is 0. The van der Waals surface area contributed by atoms with Gasteiger partial charge in [-0.15, -0.1) is 0 Å². The molecule has 92 valence electrons. The third-order valence-corrected chi connectivity index (χ3v) is 3.08. The van der Waals surface area contributed by atoms with Gasteiger partial charge in [0.25, 0.3) is 0 Å². The van der Waals surface area contributed by atoms with Crippen LogP contribution in [0.4, 0.5) is 0 Å². The zero-order chi connectivity index (χ0) is 13.1. The first-order chi connectivity index (χ1) is 9.34. The van der Waals surface area contributed by atoms with E-state index in [9.17, 15) is 0 Å². The Hall–Kier alpha value is -2.48. The molecule has 0 N–H and O–H groups in total. The fourth-order valence-corrected chi connectivity index (χ4v) is 2.09. The molecule has 3 rings (SSSR count). The van der Waals surface area contributed by atoms with Crippen LogP contribution in [-0.2, 0) is 0 Å². The van der Waals surface area contributed by atoms with E-state index in [1.165, 1.54) is 5.56 Å². The fourth-order valence-electron chi connectivity index (χ4n) is 2.09. The van der Waals surface area contributed by atoms with Gasteiger partial charge in [0.15, 0.2) is 0 Å². The Morgan fingerprint density at radius 2 is 1.58 bits per heavy atom. The predicted octanol–water partition coefficient (Wildman–Crippen LogP) is 4.12. The molecule has 19 heavy (non-hydrogen) atoms. The summed E-state index contributed by atoms with van der Waals surface area (Å²) < 4.78 is 0. The molecule has 0 amide bonds. The Labute approximate surface area is 112 Å². The lowest BCUT2D eigenvalue weighted by atomic mass is 10.0. The standard InChI is InChI=1S/C17H14N2/c1-13-9-10-15(12-19-13)17-16(8-5-11-18-17)14-6-3-2-4-7-14/h2-12H,1H3. The van der Waals surface area contributed by atoms with Gasteiger partial charge in [-0.1, -0.05) is 36.4 Å². The van der Waals surface area contributed by atoms with Crippen molar-refractivity contribution < 1.29 is 0 Å². The van der Waals surface area contributed by atoms with Crippen molar-refractivity contribution in [3.8, 4) is 22.4 Å². The molecule has 0 saturated carbocycles. The highest BCUT2D eigenvalue weighted by atomic mass is 14.7. The number of hydrogen-bond donors (Lipinski definition) is 0. The molecule has 2 heteroatoms. The van der Waals surface area contributed by atoms with Crippen molar-refractivity contribution in [2.45, 2.75) is 6.92 Å². The quantitative estimate of drug-likeness (QED) is 0.679. The lowest BCUT2D eigenvalue weighted by molar-refractivity contribution is 1.19. The molecule has 0 radical (unpaired) electrons. The molecule has 0 saturated heterocycles. The molecule has 0 fully saturated rings. The minimum Gasteiger partial charge on any atom is -0.261 e. The van der Waals surface area contributed by atoms with Gasteiger partial charge >= 0.3 is 0 Å². The Balaban J connectivity index is 2.15. The summed E-state index contributed by atoms with van der Waals surface area (Å²) in [6, 6.07) is 18.4. The third kappa shape index (κ3) is 2.38. The van der Waals surface area contributed by atoms with E-state index < -0.39 is 0 Å². The number of rotatable bonds is 2. The molecule has 3 aromatic rings. The van der Waals surface area contributed by atoms with Gasteiger partial charge in [0, 0.05) is 29.2 Å². The Bertz CT molecular complexity index is 673. The summed E-state index contributed by atoms with van der Waals surface area (Å²) in [6.45, 7) is 1.99. The SMILES string of the molecule is Cc1ccc(-c2ncccc2-c2ccccc2)cn1. The van der Waals surface area contributed by atoms with Gasteiger partial charge in [0.1, 0.15) is 0 Å². The van der Waals surface area contributed by atoms with Gasteiger partial charge < -0.3 is 0 Å². The second-order valence-corrected chi connectivity index (χ2v) is 4.45. The van der Waals surface area contributed by atoms with Crippen LogP contribution in [0, 0.1) is 6.92 Å². The van der Waals surface area contributed by atoms with Crippen LogP contribution >= 0.6 is 0 Å². The van der Waals surface area contributed by atoms with Gasteiger partial charge in [0.05, 0.1) is 5.69 Å². The first-order valence-electron chi connectivity index (χ1n) is 6.28. The van der Waals surface area contributed by atoms with Gasteiger partial charge in [-0.25, -0.2) is 0 Å². The Morgan fingerprint density at radius 1 is 0.737 bits per heavy atom. The third-order valence-electron chi connectivity index (χ3n) is 3.08. The molecule has 2 aromatic heterocycles. The number of pyridine rings is 2. The second kappa shape index (κ2) is 5.02. The smallest absolute Gasteiger partial charge is 0.0795 e. The molecule has 2 nitrogen and oxygen atoms in total. The molecule has 0 spiro atoms. The molecule has 0 atom stereocenters. The number of aryl methyl sites for hydroxylation is 1. The summed E-state index contributed by atoms with van der Waals surface area (Å²) >= 11 is 0. The van der Waals surface area contributed by atoms with Crippen LogP contribution in [0.15, 0.2) is 67.0 Å². The topological polar surface area (TPSA) is 25.8 Å². The monoisotopic (exact) mass is 246 g/mol. The van der Waals surface area contributed by atoms with Crippen molar-refractivity contribution >= 4 is 0 Å². The highest BCUT2D eigenvalue weighted by molar-refractivity contribution is 5.80.